The van der Waals surface area contributed by atoms with E-state index in [1.54, 1.807) is 6.07 Å². The number of sulfonamides is 1. The van der Waals surface area contributed by atoms with Gasteiger partial charge >= 0.3 is 5.97 Å². The Morgan fingerprint density at radius 3 is 2.71 bits per heavy atom. The molecule has 1 atom stereocenters. The lowest BCUT2D eigenvalue weighted by molar-refractivity contribution is -0.147. The van der Waals surface area contributed by atoms with Crippen molar-refractivity contribution >= 4 is 50.1 Å². The molecule has 2 aromatic carbocycles. The van der Waals surface area contributed by atoms with Gasteiger partial charge in [0.2, 0.25) is 10.0 Å². The highest BCUT2D eigenvalue weighted by Crippen LogP contribution is 2.36. The molecule has 1 aliphatic heterocycles. The maximum atomic E-state index is 13.7. The Kier molecular flexibility index (Phi) is 9.15. The lowest BCUT2D eigenvalue weighted by atomic mass is 10.2. The molecular formula is C27H31Cl2N3O5S. The Bertz CT molecular complexity index is 1430. The molecule has 11 heteroatoms. The average molecular weight is 581 g/mol. The van der Waals surface area contributed by atoms with E-state index in [4.69, 9.17) is 32.7 Å². The topological polar surface area (TPSA) is 89.0 Å². The Hall–Kier alpha value is -2.43. The number of fused-ring (bicyclic) bond motifs is 1. The monoisotopic (exact) mass is 579 g/mol. The number of rotatable bonds is 10. The van der Waals surface area contributed by atoms with Crippen molar-refractivity contribution in [2.45, 2.75) is 43.7 Å². The fourth-order valence-corrected chi connectivity index (χ4v) is 6.94. The number of halogens is 2. The fraction of sp³-hybridized carbons (Fsp3) is 0.407. The molecule has 38 heavy (non-hydrogen) atoms. The smallest absolute Gasteiger partial charge is 0.324 e. The van der Waals surface area contributed by atoms with Crippen LogP contribution >= 0.6 is 23.2 Å². The third-order valence-electron chi connectivity index (χ3n) is 6.40. The summed E-state index contributed by atoms with van der Waals surface area (Å²) in [6.07, 6.45) is 1.60. The third-order valence-corrected chi connectivity index (χ3v) is 9.25. The van der Waals surface area contributed by atoms with Gasteiger partial charge in [-0.3, -0.25) is 4.79 Å². The number of carbonyl (C=O) groups is 1. The minimum Gasteiger partial charge on any atom is -0.487 e. The molecule has 0 aliphatic carbocycles. The van der Waals surface area contributed by atoms with Gasteiger partial charge in [-0.05, 0) is 64.5 Å². The summed E-state index contributed by atoms with van der Waals surface area (Å²) in [7, 11) is -0.239. The first kappa shape index (κ1) is 28.6. The van der Waals surface area contributed by atoms with Crippen LogP contribution in [0.5, 0.6) is 5.75 Å². The molecule has 1 unspecified atom stereocenters. The Balaban J connectivity index is 1.55. The van der Waals surface area contributed by atoms with Crippen LogP contribution in [-0.2, 0) is 26.2 Å². The van der Waals surface area contributed by atoms with Crippen molar-refractivity contribution in [3.05, 3.63) is 63.8 Å². The summed E-state index contributed by atoms with van der Waals surface area (Å²) in [5.74, 6) is -0.0135. The van der Waals surface area contributed by atoms with E-state index in [0.717, 1.165) is 17.6 Å². The Morgan fingerprint density at radius 2 is 1.95 bits per heavy atom. The lowest BCUT2D eigenvalue weighted by Crippen LogP contribution is -2.41. The van der Waals surface area contributed by atoms with Crippen LogP contribution in [0.2, 0.25) is 10.0 Å². The molecule has 0 radical (unpaired) electrons. The molecule has 1 aliphatic rings. The van der Waals surface area contributed by atoms with Crippen LogP contribution in [0.1, 0.15) is 30.5 Å². The number of pyridine rings is 1. The lowest BCUT2D eigenvalue weighted by Gasteiger charge is -2.24. The predicted octanol–water partition coefficient (Wildman–Crippen LogP) is 5.08. The first-order valence-corrected chi connectivity index (χ1v) is 14.6. The fourth-order valence-electron chi connectivity index (χ4n) is 4.43. The molecule has 3 aromatic rings. The van der Waals surface area contributed by atoms with Gasteiger partial charge in [-0.25, -0.2) is 13.4 Å². The molecule has 1 saturated heterocycles. The quantitative estimate of drug-likeness (QED) is 0.244. The van der Waals surface area contributed by atoms with Gasteiger partial charge in [0.1, 0.15) is 28.8 Å². The first-order valence-electron chi connectivity index (χ1n) is 12.4. The molecule has 0 spiro atoms. The zero-order valence-electron chi connectivity index (χ0n) is 21.6. The molecule has 0 saturated carbocycles. The van der Waals surface area contributed by atoms with E-state index in [1.807, 2.05) is 50.2 Å². The van der Waals surface area contributed by atoms with Crippen molar-refractivity contribution < 1.29 is 22.7 Å². The van der Waals surface area contributed by atoms with Gasteiger partial charge in [0.15, 0.2) is 0 Å². The summed E-state index contributed by atoms with van der Waals surface area (Å²) in [6.45, 7) is 3.02. The van der Waals surface area contributed by atoms with Gasteiger partial charge in [-0.15, -0.1) is 0 Å². The van der Waals surface area contributed by atoms with Crippen LogP contribution in [-0.4, -0.2) is 68.4 Å². The van der Waals surface area contributed by atoms with Crippen molar-refractivity contribution in [1.29, 1.82) is 0 Å². The van der Waals surface area contributed by atoms with Crippen LogP contribution in [0.3, 0.4) is 0 Å². The van der Waals surface area contributed by atoms with Crippen LogP contribution in [0.4, 0.5) is 0 Å². The molecule has 0 N–H and O–H groups in total. The first-order chi connectivity index (χ1) is 18.1. The average Bonchev–Trinajstić information content (AvgIpc) is 3.37. The normalized spacial score (nSPS) is 16.3. The molecule has 204 valence electrons. The summed E-state index contributed by atoms with van der Waals surface area (Å²) in [5, 5.41) is 1.15. The van der Waals surface area contributed by atoms with Crippen molar-refractivity contribution in [2.24, 2.45) is 0 Å². The Labute approximate surface area is 233 Å². The van der Waals surface area contributed by atoms with Crippen molar-refractivity contribution in [1.82, 2.24) is 14.2 Å². The van der Waals surface area contributed by atoms with E-state index < -0.39 is 22.0 Å². The van der Waals surface area contributed by atoms with E-state index in [2.05, 4.69) is 4.98 Å². The number of hydrogen-bond donors (Lipinski definition) is 0. The van der Waals surface area contributed by atoms with Gasteiger partial charge in [0.25, 0.3) is 0 Å². The zero-order chi connectivity index (χ0) is 27.4. The molecule has 0 bridgehead atoms. The molecule has 2 heterocycles. The van der Waals surface area contributed by atoms with Crippen LogP contribution < -0.4 is 4.74 Å². The summed E-state index contributed by atoms with van der Waals surface area (Å²) >= 11 is 13.1. The number of aryl methyl sites for hydroxylation is 1. The standard InChI is InChI=1S/C27H31Cl2N3O5S/c1-18-10-11-19-7-4-9-23(26(19)30-18)37-17-20-21(28)12-13-24(25(20)29)38(34,35)32-15-5-8-22(32)27(33)36-16-6-14-31(2)3/h4,7,9-13,22H,5-6,8,14-17H2,1-3H3. The van der Waals surface area contributed by atoms with Crippen molar-refractivity contribution in [3.63, 3.8) is 0 Å². The van der Waals surface area contributed by atoms with Crippen LogP contribution in [0.15, 0.2) is 47.4 Å². The van der Waals surface area contributed by atoms with Crippen LogP contribution in [0, 0.1) is 6.92 Å². The minimum atomic E-state index is -4.10. The SMILES string of the molecule is Cc1ccc2cccc(OCc3c(Cl)ccc(S(=O)(=O)N4CCCC4C(=O)OCCCN(C)C)c3Cl)c2n1. The van der Waals surface area contributed by atoms with Crippen molar-refractivity contribution in [3.8, 4) is 5.75 Å². The highest BCUT2D eigenvalue weighted by atomic mass is 35.5. The largest absolute Gasteiger partial charge is 0.487 e. The highest BCUT2D eigenvalue weighted by Gasteiger charge is 2.41. The van der Waals surface area contributed by atoms with Crippen molar-refractivity contribution in [2.75, 3.05) is 33.8 Å². The van der Waals surface area contributed by atoms with Crippen LogP contribution in [0.25, 0.3) is 10.9 Å². The molecule has 1 aromatic heterocycles. The number of aromatic nitrogens is 1. The van der Waals surface area contributed by atoms with E-state index >= 15 is 0 Å². The number of para-hydroxylation sites is 1. The number of benzene rings is 2. The summed E-state index contributed by atoms with van der Waals surface area (Å²) < 4.78 is 39.9. The van der Waals surface area contributed by atoms with E-state index in [1.165, 1.54) is 16.4 Å². The minimum absolute atomic E-state index is 0.0353. The summed E-state index contributed by atoms with van der Waals surface area (Å²) in [4.78, 5) is 19.2. The van der Waals surface area contributed by atoms with Gasteiger partial charge in [-0.2, -0.15) is 4.31 Å². The molecular weight excluding hydrogens is 549 g/mol. The Morgan fingerprint density at radius 1 is 1.16 bits per heavy atom. The van der Waals surface area contributed by atoms with E-state index in [9.17, 15) is 13.2 Å². The molecule has 4 rings (SSSR count). The molecule has 8 nitrogen and oxygen atoms in total. The van der Waals surface area contributed by atoms with Gasteiger partial charge in [0, 0.05) is 34.8 Å². The van der Waals surface area contributed by atoms with E-state index in [0.29, 0.717) is 36.1 Å². The second-order valence-corrected chi connectivity index (χ2v) is 12.1. The summed E-state index contributed by atoms with van der Waals surface area (Å²) in [6, 6.07) is 11.4. The number of carbonyl (C=O) groups excluding carboxylic acids is 1. The summed E-state index contributed by atoms with van der Waals surface area (Å²) in [5.41, 5.74) is 1.86. The number of hydrogen-bond acceptors (Lipinski definition) is 7. The number of esters is 1. The second-order valence-electron chi connectivity index (χ2n) is 9.51. The molecule has 1 fully saturated rings. The van der Waals surface area contributed by atoms with Gasteiger partial charge in [-0.1, -0.05) is 41.4 Å². The maximum absolute atomic E-state index is 13.7. The number of ether oxygens (including phenoxy) is 2. The van der Waals surface area contributed by atoms with Gasteiger partial charge in [0.05, 0.1) is 11.6 Å². The predicted molar refractivity (Wildman–Crippen MR) is 148 cm³/mol. The number of nitrogens with zero attached hydrogens (tertiary/aromatic N) is 3. The highest BCUT2D eigenvalue weighted by molar-refractivity contribution is 7.89. The zero-order valence-corrected chi connectivity index (χ0v) is 23.9. The second kappa shape index (κ2) is 12.2. The molecule has 0 amide bonds. The maximum Gasteiger partial charge on any atom is 0.324 e. The van der Waals surface area contributed by atoms with E-state index in [-0.39, 0.29) is 34.7 Å². The third kappa shape index (κ3) is 6.24. The van der Waals surface area contributed by atoms with Gasteiger partial charge < -0.3 is 14.4 Å².